The topological polar surface area (TPSA) is 38.0 Å². The predicted molar refractivity (Wildman–Crippen MR) is 71.9 cm³/mol. The highest BCUT2D eigenvalue weighted by molar-refractivity contribution is 8.07. The van der Waals surface area contributed by atoms with Gasteiger partial charge in [0.1, 0.15) is 0 Å². The Kier molecular flexibility index (Phi) is 5.91. The van der Waals surface area contributed by atoms with E-state index in [1.807, 2.05) is 23.5 Å². The molecule has 1 rings (SSSR count). The Morgan fingerprint density at radius 3 is 2.80 bits per heavy atom. The van der Waals surface area contributed by atoms with Crippen LogP contribution in [0, 0.1) is 12.3 Å². The minimum Gasteiger partial charge on any atom is -0.271 e. The van der Waals surface area contributed by atoms with Gasteiger partial charge in [-0.05, 0) is 6.42 Å². The molecule has 1 aliphatic heterocycles. The van der Waals surface area contributed by atoms with E-state index in [4.69, 9.17) is 12.3 Å². The molecule has 0 aromatic heterocycles. The number of rotatable bonds is 4. The van der Waals surface area contributed by atoms with Crippen molar-refractivity contribution in [3.63, 3.8) is 0 Å². The largest absolute Gasteiger partial charge is 0.271 e. The summed E-state index contributed by atoms with van der Waals surface area (Å²) < 4.78 is 0. The molecule has 2 nitrogen and oxygen atoms in total. The molecule has 0 aromatic carbocycles. The second-order valence-electron chi connectivity index (χ2n) is 3.93. The summed E-state index contributed by atoms with van der Waals surface area (Å²) in [6, 6.07) is 0.355. The zero-order valence-corrected chi connectivity index (χ0v) is 11.0. The van der Waals surface area contributed by atoms with Crippen molar-refractivity contribution >= 4 is 23.5 Å². The predicted octanol–water partition coefficient (Wildman–Crippen LogP) is 1.86. The lowest BCUT2D eigenvalue weighted by atomic mass is 10.1. The highest BCUT2D eigenvalue weighted by Gasteiger charge is 2.30. The monoisotopic (exact) mass is 244 g/mol. The van der Waals surface area contributed by atoms with E-state index in [0.29, 0.717) is 16.5 Å². The minimum atomic E-state index is 0.355. The van der Waals surface area contributed by atoms with Gasteiger partial charge in [0.25, 0.3) is 0 Å². The molecular weight excluding hydrogens is 224 g/mol. The average molecular weight is 244 g/mol. The van der Waals surface area contributed by atoms with Gasteiger partial charge in [0.2, 0.25) is 0 Å². The molecule has 4 atom stereocenters. The fourth-order valence-electron chi connectivity index (χ4n) is 1.63. The van der Waals surface area contributed by atoms with Gasteiger partial charge < -0.3 is 0 Å². The molecule has 0 aliphatic carbocycles. The van der Waals surface area contributed by atoms with Crippen LogP contribution >= 0.6 is 23.5 Å². The number of hydrogen-bond acceptors (Lipinski definition) is 4. The minimum absolute atomic E-state index is 0.355. The number of nitrogens with one attached hydrogen (secondary N) is 1. The van der Waals surface area contributed by atoms with E-state index in [1.54, 1.807) is 0 Å². The molecule has 0 saturated carbocycles. The molecule has 0 spiro atoms. The first-order valence-electron chi connectivity index (χ1n) is 5.35. The molecule has 0 amide bonds. The molecule has 15 heavy (non-hydrogen) atoms. The van der Waals surface area contributed by atoms with Crippen LogP contribution in [0.15, 0.2) is 0 Å². The van der Waals surface area contributed by atoms with Gasteiger partial charge in [0.15, 0.2) is 0 Å². The van der Waals surface area contributed by atoms with E-state index in [0.717, 1.165) is 18.1 Å². The number of hydrazine groups is 1. The maximum absolute atomic E-state index is 5.58. The summed E-state index contributed by atoms with van der Waals surface area (Å²) in [5, 5.41) is 2.05. The highest BCUT2D eigenvalue weighted by atomic mass is 32.2. The smallest absolute Gasteiger partial charge is 0.0346 e. The Morgan fingerprint density at radius 1 is 1.53 bits per heavy atom. The quantitative estimate of drug-likeness (QED) is 0.450. The van der Waals surface area contributed by atoms with Gasteiger partial charge in [-0.2, -0.15) is 23.5 Å². The number of hydrogen-bond donors (Lipinski definition) is 2. The zero-order chi connectivity index (χ0) is 11.3. The number of nitrogens with two attached hydrogens (primary N) is 1. The fourth-order valence-corrected chi connectivity index (χ4v) is 4.79. The molecule has 1 aliphatic rings. The van der Waals surface area contributed by atoms with Crippen molar-refractivity contribution in [3.05, 3.63) is 0 Å². The Labute approximate surface area is 101 Å². The van der Waals surface area contributed by atoms with Gasteiger partial charge in [0.05, 0.1) is 0 Å². The summed E-state index contributed by atoms with van der Waals surface area (Å²) in [5.41, 5.74) is 2.91. The van der Waals surface area contributed by atoms with E-state index < -0.39 is 0 Å². The molecule has 86 valence electrons. The maximum Gasteiger partial charge on any atom is 0.0346 e. The number of thioether (sulfide) groups is 2. The standard InChI is InChI=1S/C11H20N2S2/c1-4-5-6-10(13-12)11-7-14-8(2)9(3)15-11/h1,8-11,13H,5-7,12H2,2-3H3. The molecule has 0 radical (unpaired) electrons. The van der Waals surface area contributed by atoms with Crippen LogP contribution in [0.25, 0.3) is 0 Å². The maximum atomic E-state index is 5.58. The van der Waals surface area contributed by atoms with Crippen molar-refractivity contribution in [1.82, 2.24) is 5.43 Å². The van der Waals surface area contributed by atoms with Gasteiger partial charge >= 0.3 is 0 Å². The Morgan fingerprint density at radius 2 is 2.27 bits per heavy atom. The lowest BCUT2D eigenvalue weighted by Crippen LogP contribution is -2.46. The molecule has 0 aromatic rings. The summed E-state index contributed by atoms with van der Waals surface area (Å²) in [6.45, 7) is 4.59. The molecule has 3 N–H and O–H groups in total. The van der Waals surface area contributed by atoms with E-state index in [9.17, 15) is 0 Å². The summed E-state index contributed by atoms with van der Waals surface area (Å²) in [4.78, 5) is 0. The lowest BCUT2D eigenvalue weighted by molar-refractivity contribution is 0.497. The Bertz CT molecular complexity index is 227. The van der Waals surface area contributed by atoms with Crippen LogP contribution in [-0.2, 0) is 0 Å². The average Bonchev–Trinajstić information content (AvgIpc) is 2.24. The van der Waals surface area contributed by atoms with Crippen molar-refractivity contribution in [2.24, 2.45) is 5.84 Å². The van der Waals surface area contributed by atoms with Crippen molar-refractivity contribution in [2.45, 2.75) is 48.5 Å². The zero-order valence-electron chi connectivity index (χ0n) is 9.40. The molecule has 1 heterocycles. The van der Waals surface area contributed by atoms with Crippen LogP contribution in [0.5, 0.6) is 0 Å². The third-order valence-electron chi connectivity index (χ3n) is 2.84. The van der Waals surface area contributed by atoms with Gasteiger partial charge in [-0.15, -0.1) is 12.3 Å². The van der Waals surface area contributed by atoms with Gasteiger partial charge in [-0.1, -0.05) is 13.8 Å². The van der Waals surface area contributed by atoms with Crippen molar-refractivity contribution in [3.8, 4) is 12.3 Å². The normalized spacial score (nSPS) is 33.3. The third-order valence-corrected chi connectivity index (χ3v) is 6.39. The van der Waals surface area contributed by atoms with Crippen molar-refractivity contribution < 1.29 is 0 Å². The van der Waals surface area contributed by atoms with Gasteiger partial charge in [-0.25, -0.2) is 0 Å². The van der Waals surface area contributed by atoms with E-state index in [2.05, 4.69) is 25.2 Å². The lowest BCUT2D eigenvalue weighted by Gasteiger charge is -2.35. The third kappa shape index (κ3) is 3.92. The Balaban J connectivity index is 2.44. The summed E-state index contributed by atoms with van der Waals surface area (Å²) in [7, 11) is 0. The SMILES string of the molecule is C#CCCC(NN)C1CSC(C)C(C)S1. The summed E-state index contributed by atoms with van der Waals surface area (Å²) in [6.07, 6.45) is 7.06. The van der Waals surface area contributed by atoms with Gasteiger partial charge in [-0.3, -0.25) is 11.3 Å². The van der Waals surface area contributed by atoms with Crippen LogP contribution in [0.1, 0.15) is 26.7 Å². The molecule has 4 heteroatoms. The second kappa shape index (κ2) is 6.70. The highest BCUT2D eigenvalue weighted by Crippen LogP contribution is 2.37. The number of terminal acetylenes is 1. The summed E-state index contributed by atoms with van der Waals surface area (Å²) >= 11 is 4.09. The van der Waals surface area contributed by atoms with Gasteiger partial charge in [0, 0.05) is 34.0 Å². The van der Waals surface area contributed by atoms with Crippen LogP contribution in [0.3, 0.4) is 0 Å². The second-order valence-corrected chi connectivity index (χ2v) is 6.97. The molecule has 1 saturated heterocycles. The molecule has 4 unspecified atom stereocenters. The molecular formula is C11H20N2S2. The first-order chi connectivity index (χ1) is 7.19. The van der Waals surface area contributed by atoms with Crippen LogP contribution in [0.2, 0.25) is 0 Å². The Hall–Kier alpha value is 0.180. The molecule has 0 bridgehead atoms. The van der Waals surface area contributed by atoms with Crippen LogP contribution in [-0.4, -0.2) is 27.5 Å². The van der Waals surface area contributed by atoms with E-state index in [1.165, 1.54) is 5.75 Å². The first-order valence-corrected chi connectivity index (χ1v) is 7.34. The van der Waals surface area contributed by atoms with Crippen LogP contribution < -0.4 is 11.3 Å². The molecule has 1 fully saturated rings. The van der Waals surface area contributed by atoms with Crippen molar-refractivity contribution in [1.29, 1.82) is 0 Å². The first kappa shape index (κ1) is 13.2. The van der Waals surface area contributed by atoms with Crippen molar-refractivity contribution in [2.75, 3.05) is 5.75 Å². The fraction of sp³-hybridized carbons (Fsp3) is 0.818. The summed E-state index contributed by atoms with van der Waals surface area (Å²) in [5.74, 6) is 9.44. The van der Waals surface area contributed by atoms with E-state index >= 15 is 0 Å². The van der Waals surface area contributed by atoms with E-state index in [-0.39, 0.29) is 0 Å². The van der Waals surface area contributed by atoms with Crippen LogP contribution in [0.4, 0.5) is 0 Å².